The van der Waals surface area contributed by atoms with Gasteiger partial charge in [0, 0.05) is 12.2 Å². The lowest BCUT2D eigenvalue weighted by Gasteiger charge is -2.61. The van der Waals surface area contributed by atoms with Gasteiger partial charge in [-0.2, -0.15) is 0 Å². The van der Waals surface area contributed by atoms with Gasteiger partial charge in [0.1, 0.15) is 0 Å². The average molecular weight is 565 g/mol. The van der Waals surface area contributed by atoms with E-state index in [4.69, 9.17) is 0 Å². The van der Waals surface area contributed by atoms with E-state index in [-0.39, 0.29) is 0 Å². The molecule has 2 N–H and O–H groups in total. The molecule has 2 heteroatoms. The predicted octanol–water partition coefficient (Wildman–Crippen LogP) is 10.8. The van der Waals surface area contributed by atoms with Crippen LogP contribution >= 0.6 is 0 Å². The molecule has 0 spiro atoms. The molecule has 0 bridgehead atoms. The van der Waals surface area contributed by atoms with Crippen LogP contribution in [0.5, 0.6) is 0 Å². The van der Waals surface area contributed by atoms with E-state index in [1.54, 1.807) is 11.1 Å². The molecule has 4 aliphatic rings. The minimum absolute atomic E-state index is 0.481. The second-order valence-corrected chi connectivity index (χ2v) is 15.4. The van der Waals surface area contributed by atoms with Gasteiger partial charge in [-0.3, -0.25) is 0 Å². The molecule has 0 amide bonds. The third-order valence-corrected chi connectivity index (χ3v) is 11.6. The Bertz CT molecular complexity index is 931. The monoisotopic (exact) mass is 565 g/mol. The summed E-state index contributed by atoms with van der Waals surface area (Å²) in [4.78, 5) is 0. The zero-order chi connectivity index (χ0) is 30.2. The van der Waals surface area contributed by atoms with Crippen LogP contribution < -0.4 is 10.6 Å². The van der Waals surface area contributed by atoms with Crippen LogP contribution in [0, 0.1) is 40.4 Å². The highest BCUT2D eigenvalue weighted by atomic mass is 14.9. The second-order valence-electron chi connectivity index (χ2n) is 15.4. The van der Waals surface area contributed by atoms with Gasteiger partial charge in [0.25, 0.3) is 0 Å². The smallest absolute Gasteiger partial charge is 0.0299 e. The van der Waals surface area contributed by atoms with Gasteiger partial charge in [0.05, 0.1) is 0 Å². The Morgan fingerprint density at radius 3 is 2.27 bits per heavy atom. The first-order valence-electron chi connectivity index (χ1n) is 17.6. The second kappa shape index (κ2) is 15.4. The van der Waals surface area contributed by atoms with Crippen molar-refractivity contribution < 1.29 is 0 Å². The highest BCUT2D eigenvalue weighted by molar-refractivity contribution is 5.39. The van der Waals surface area contributed by atoms with Gasteiger partial charge < -0.3 is 10.6 Å². The van der Waals surface area contributed by atoms with Crippen molar-refractivity contribution in [1.29, 1.82) is 0 Å². The molecule has 41 heavy (non-hydrogen) atoms. The van der Waals surface area contributed by atoms with E-state index in [1.165, 1.54) is 81.1 Å². The van der Waals surface area contributed by atoms with E-state index in [2.05, 4.69) is 71.4 Å². The van der Waals surface area contributed by atoms with Crippen molar-refractivity contribution in [1.82, 2.24) is 10.6 Å². The lowest BCUT2D eigenvalue weighted by molar-refractivity contribution is -0.114. The van der Waals surface area contributed by atoms with E-state index in [0.29, 0.717) is 16.7 Å². The number of allylic oxidation sites excluding steroid dienone is 5. The summed E-state index contributed by atoms with van der Waals surface area (Å²) in [6.45, 7) is 30.1. The highest BCUT2D eigenvalue weighted by Gasteiger charge is 2.60. The number of fused-ring (bicyclic) bond motifs is 5. The Hall–Kier alpha value is -1.28. The van der Waals surface area contributed by atoms with Crippen molar-refractivity contribution in [2.24, 2.45) is 40.4 Å². The number of nitrogens with one attached hydrogen (secondary N) is 2. The lowest BCUT2D eigenvalue weighted by Crippen LogP contribution is -2.53. The first-order valence-corrected chi connectivity index (χ1v) is 17.6. The Kier molecular flexibility index (Phi) is 12.9. The Morgan fingerprint density at radius 2 is 1.59 bits per heavy atom. The molecule has 7 atom stereocenters. The standard InChI is InChI=1S/C35H60N2.C4H8/c1-8-21-36-22-12-23-37-27(5)29(15-11-13-25(2)3)33-26(4)24-35(7)31-17-16-28-14-9-10-20-34(28,6)30(31)18-19-32(33)35;1-4(2)3/h13,26,28,30-32,36-37H,5,8-12,14-24H2,1-4,6-7H3;1H2,2-3H3/b33-29+;. The summed E-state index contributed by atoms with van der Waals surface area (Å²) in [7, 11) is 0. The Balaban J connectivity index is 0.00000108. The molecular weight excluding hydrogens is 496 g/mol. The van der Waals surface area contributed by atoms with E-state index in [0.717, 1.165) is 62.6 Å². The molecule has 4 aliphatic carbocycles. The van der Waals surface area contributed by atoms with Gasteiger partial charge in [-0.25, -0.2) is 0 Å². The molecule has 0 aromatic heterocycles. The topological polar surface area (TPSA) is 24.1 Å². The molecule has 0 heterocycles. The first kappa shape index (κ1) is 34.2. The van der Waals surface area contributed by atoms with Crippen LogP contribution in [-0.4, -0.2) is 19.6 Å². The molecule has 7 unspecified atom stereocenters. The summed E-state index contributed by atoms with van der Waals surface area (Å²) < 4.78 is 0. The van der Waals surface area contributed by atoms with E-state index in [9.17, 15) is 0 Å². The van der Waals surface area contributed by atoms with Gasteiger partial charge in [-0.1, -0.05) is 69.9 Å². The van der Waals surface area contributed by atoms with Crippen molar-refractivity contribution >= 4 is 0 Å². The summed E-state index contributed by atoms with van der Waals surface area (Å²) >= 11 is 0. The largest absolute Gasteiger partial charge is 0.385 e. The van der Waals surface area contributed by atoms with E-state index in [1.807, 2.05) is 13.8 Å². The van der Waals surface area contributed by atoms with Gasteiger partial charge in [0.15, 0.2) is 0 Å². The third kappa shape index (κ3) is 8.21. The summed E-state index contributed by atoms with van der Waals surface area (Å²) in [6.07, 6.45) is 20.3. The normalized spacial score (nSPS) is 35.2. The minimum Gasteiger partial charge on any atom is -0.385 e. The summed E-state index contributed by atoms with van der Waals surface area (Å²) in [6, 6.07) is 0. The zero-order valence-electron chi connectivity index (χ0n) is 28.7. The molecule has 2 nitrogen and oxygen atoms in total. The van der Waals surface area contributed by atoms with Crippen LogP contribution in [-0.2, 0) is 0 Å². The van der Waals surface area contributed by atoms with Gasteiger partial charge in [-0.05, 0) is 157 Å². The number of hydrogen-bond acceptors (Lipinski definition) is 2. The minimum atomic E-state index is 0.481. The molecule has 0 radical (unpaired) electrons. The van der Waals surface area contributed by atoms with Gasteiger partial charge in [0.2, 0.25) is 0 Å². The van der Waals surface area contributed by atoms with Crippen molar-refractivity contribution in [2.75, 3.05) is 19.6 Å². The van der Waals surface area contributed by atoms with Gasteiger partial charge >= 0.3 is 0 Å². The maximum absolute atomic E-state index is 4.66. The maximum atomic E-state index is 4.66. The van der Waals surface area contributed by atoms with Crippen LogP contribution in [0.3, 0.4) is 0 Å². The molecule has 0 aromatic rings. The van der Waals surface area contributed by atoms with Crippen LogP contribution in [0.25, 0.3) is 0 Å². The highest BCUT2D eigenvalue weighted by Crippen LogP contribution is 2.69. The molecule has 0 aromatic carbocycles. The maximum Gasteiger partial charge on any atom is 0.0299 e. The van der Waals surface area contributed by atoms with Crippen LogP contribution in [0.15, 0.2) is 47.2 Å². The molecule has 0 saturated heterocycles. The van der Waals surface area contributed by atoms with E-state index < -0.39 is 0 Å². The SMILES string of the molecule is C=C(C)C.C=C(NCCCNCCC)/C(CCC=C(C)C)=C1\C(C)CC2(C)C1CCC1C2CCC2CCCCC21C. The molecule has 4 saturated carbocycles. The van der Waals surface area contributed by atoms with Crippen LogP contribution in [0.4, 0.5) is 0 Å². The van der Waals surface area contributed by atoms with Crippen LogP contribution in [0.2, 0.25) is 0 Å². The fourth-order valence-electron chi connectivity index (χ4n) is 9.95. The summed E-state index contributed by atoms with van der Waals surface area (Å²) in [5.41, 5.74) is 8.33. The fraction of sp³-hybridized carbons (Fsp3) is 0.795. The Labute approximate surface area is 256 Å². The first-order chi connectivity index (χ1) is 19.5. The molecule has 4 fully saturated rings. The lowest BCUT2D eigenvalue weighted by atomic mass is 9.44. The average Bonchev–Trinajstić information content (AvgIpc) is 3.17. The van der Waals surface area contributed by atoms with Crippen molar-refractivity contribution in [3.63, 3.8) is 0 Å². The molecule has 0 aliphatic heterocycles. The molecule has 234 valence electrons. The summed E-state index contributed by atoms with van der Waals surface area (Å²) in [5.74, 6) is 4.35. The summed E-state index contributed by atoms with van der Waals surface area (Å²) in [5, 5.41) is 7.34. The fourth-order valence-corrected chi connectivity index (χ4v) is 9.95. The zero-order valence-corrected chi connectivity index (χ0v) is 28.7. The predicted molar refractivity (Wildman–Crippen MR) is 182 cm³/mol. The van der Waals surface area contributed by atoms with Crippen LogP contribution in [0.1, 0.15) is 139 Å². The molecule has 4 rings (SSSR count). The quantitative estimate of drug-likeness (QED) is 0.193. The number of rotatable bonds is 11. The molecular formula is C39H68N2. The van der Waals surface area contributed by atoms with Crippen molar-refractivity contribution in [3.8, 4) is 0 Å². The van der Waals surface area contributed by atoms with E-state index >= 15 is 0 Å². The third-order valence-electron chi connectivity index (χ3n) is 11.6. The van der Waals surface area contributed by atoms with Gasteiger partial charge in [-0.15, -0.1) is 6.58 Å². The van der Waals surface area contributed by atoms with Crippen molar-refractivity contribution in [3.05, 3.63) is 47.2 Å². The van der Waals surface area contributed by atoms with Crippen molar-refractivity contribution in [2.45, 2.75) is 139 Å². The number of hydrogen-bond donors (Lipinski definition) is 2. The Morgan fingerprint density at radius 1 is 0.902 bits per heavy atom.